The molecule has 2 aromatic carbocycles. The first-order chi connectivity index (χ1) is 11.9. The van der Waals surface area contributed by atoms with E-state index in [-0.39, 0.29) is 10.8 Å². The lowest BCUT2D eigenvalue weighted by atomic mass is 10.1. The van der Waals surface area contributed by atoms with Gasteiger partial charge in [-0.2, -0.15) is 0 Å². The number of hydrogen-bond acceptors (Lipinski definition) is 3. The molecular weight excluding hydrogens is 404 g/mol. The lowest BCUT2D eigenvalue weighted by molar-refractivity contribution is -0.118. The molecule has 2 aromatic rings. The Balaban J connectivity index is 1.91. The van der Waals surface area contributed by atoms with E-state index in [1.807, 2.05) is 24.3 Å². The molecule has 0 spiro atoms. The predicted molar refractivity (Wildman–Crippen MR) is 103 cm³/mol. The fourth-order valence-electron chi connectivity index (χ4n) is 2.27. The SMILES string of the molecule is CC(=O)NCCCCNS(=O)(=O)c1ccc(-c2ccc(Br)cc2)cc1. The number of amides is 1. The van der Waals surface area contributed by atoms with Gasteiger partial charge in [0.05, 0.1) is 4.90 Å². The van der Waals surface area contributed by atoms with Gasteiger partial charge in [0.15, 0.2) is 0 Å². The molecule has 2 rings (SSSR count). The Hall–Kier alpha value is -1.70. The molecule has 5 nitrogen and oxygen atoms in total. The van der Waals surface area contributed by atoms with E-state index in [1.54, 1.807) is 24.3 Å². The van der Waals surface area contributed by atoms with Crippen LogP contribution in [0, 0.1) is 0 Å². The molecule has 0 fully saturated rings. The molecule has 0 unspecified atom stereocenters. The monoisotopic (exact) mass is 424 g/mol. The second-order valence-electron chi connectivity index (χ2n) is 5.62. The Morgan fingerprint density at radius 3 is 2.00 bits per heavy atom. The number of sulfonamides is 1. The van der Waals surface area contributed by atoms with Crippen molar-refractivity contribution < 1.29 is 13.2 Å². The average molecular weight is 425 g/mol. The maximum absolute atomic E-state index is 12.3. The summed E-state index contributed by atoms with van der Waals surface area (Å²) in [7, 11) is -3.51. The molecule has 0 aliphatic rings. The molecule has 0 aliphatic heterocycles. The second-order valence-corrected chi connectivity index (χ2v) is 8.30. The highest BCUT2D eigenvalue weighted by Crippen LogP contribution is 2.23. The van der Waals surface area contributed by atoms with E-state index < -0.39 is 10.0 Å². The molecule has 1 amide bonds. The number of halogens is 1. The van der Waals surface area contributed by atoms with Gasteiger partial charge in [-0.1, -0.05) is 40.2 Å². The van der Waals surface area contributed by atoms with E-state index >= 15 is 0 Å². The van der Waals surface area contributed by atoms with Crippen LogP contribution in [0.2, 0.25) is 0 Å². The standard InChI is InChI=1S/C18H21BrN2O3S/c1-14(22)20-12-2-3-13-21-25(23,24)18-10-6-16(7-11-18)15-4-8-17(19)9-5-15/h4-11,21H,2-3,12-13H2,1H3,(H,20,22). The van der Waals surface area contributed by atoms with Crippen LogP contribution in [0.5, 0.6) is 0 Å². The third-order valence-corrected chi connectivity index (χ3v) is 5.62. The van der Waals surface area contributed by atoms with Crippen LogP contribution in [0.3, 0.4) is 0 Å². The zero-order valence-corrected chi connectivity index (χ0v) is 16.4. The molecule has 0 saturated carbocycles. The van der Waals surface area contributed by atoms with Crippen molar-refractivity contribution in [3.8, 4) is 11.1 Å². The van der Waals surface area contributed by atoms with E-state index in [4.69, 9.17) is 0 Å². The molecule has 25 heavy (non-hydrogen) atoms. The zero-order chi connectivity index (χ0) is 18.3. The summed E-state index contributed by atoms with van der Waals surface area (Å²) >= 11 is 3.39. The van der Waals surface area contributed by atoms with E-state index in [2.05, 4.69) is 26.0 Å². The van der Waals surface area contributed by atoms with E-state index in [0.717, 1.165) is 22.0 Å². The first-order valence-electron chi connectivity index (χ1n) is 7.98. The molecule has 0 radical (unpaired) electrons. The van der Waals surface area contributed by atoms with E-state index in [9.17, 15) is 13.2 Å². The molecule has 7 heteroatoms. The summed E-state index contributed by atoms with van der Waals surface area (Å²) < 4.78 is 28.1. The van der Waals surface area contributed by atoms with Crippen LogP contribution >= 0.6 is 15.9 Å². The molecule has 0 saturated heterocycles. The Morgan fingerprint density at radius 1 is 0.920 bits per heavy atom. The molecular formula is C18H21BrN2O3S. The highest BCUT2D eigenvalue weighted by molar-refractivity contribution is 9.10. The molecule has 0 heterocycles. The minimum absolute atomic E-state index is 0.0774. The largest absolute Gasteiger partial charge is 0.356 e. The van der Waals surface area contributed by atoms with Gasteiger partial charge in [0.2, 0.25) is 15.9 Å². The molecule has 0 atom stereocenters. The van der Waals surface area contributed by atoms with Gasteiger partial charge in [0.25, 0.3) is 0 Å². The van der Waals surface area contributed by atoms with Crippen LogP contribution < -0.4 is 10.0 Å². The van der Waals surface area contributed by atoms with Crippen molar-refractivity contribution in [3.05, 3.63) is 53.0 Å². The Kier molecular flexibility index (Phi) is 7.16. The van der Waals surface area contributed by atoms with E-state index in [0.29, 0.717) is 19.5 Å². The maximum atomic E-state index is 12.3. The summed E-state index contributed by atoms with van der Waals surface area (Å²) in [6, 6.07) is 14.7. The third-order valence-electron chi connectivity index (χ3n) is 3.61. The Bertz CT molecular complexity index is 803. The summed E-state index contributed by atoms with van der Waals surface area (Å²) in [5, 5.41) is 2.68. The lowest BCUT2D eigenvalue weighted by Gasteiger charge is -2.08. The van der Waals surface area contributed by atoms with Gasteiger partial charge in [-0.05, 0) is 48.2 Å². The summed E-state index contributed by atoms with van der Waals surface area (Å²) in [6.07, 6.45) is 1.39. The number of nitrogens with one attached hydrogen (secondary N) is 2. The Morgan fingerprint density at radius 2 is 1.44 bits per heavy atom. The van der Waals surface area contributed by atoms with Gasteiger partial charge in [0, 0.05) is 24.5 Å². The van der Waals surface area contributed by atoms with Crippen molar-refractivity contribution in [3.63, 3.8) is 0 Å². The van der Waals surface area contributed by atoms with Crippen molar-refractivity contribution >= 4 is 31.9 Å². The minimum Gasteiger partial charge on any atom is -0.356 e. The van der Waals surface area contributed by atoms with Crippen LogP contribution in [-0.4, -0.2) is 27.4 Å². The molecule has 2 N–H and O–H groups in total. The van der Waals surface area contributed by atoms with Crippen molar-refractivity contribution in [1.82, 2.24) is 10.0 Å². The number of benzene rings is 2. The summed E-state index contributed by atoms with van der Waals surface area (Å²) in [5.74, 6) is -0.0774. The maximum Gasteiger partial charge on any atom is 0.240 e. The zero-order valence-electron chi connectivity index (χ0n) is 14.0. The normalized spacial score (nSPS) is 11.3. The van der Waals surface area contributed by atoms with Crippen molar-refractivity contribution in [2.45, 2.75) is 24.7 Å². The topological polar surface area (TPSA) is 75.3 Å². The minimum atomic E-state index is -3.51. The first kappa shape index (κ1) is 19.6. The van der Waals surface area contributed by atoms with Gasteiger partial charge in [-0.3, -0.25) is 4.79 Å². The fourth-order valence-corrected chi connectivity index (χ4v) is 3.61. The quantitative estimate of drug-likeness (QED) is 0.638. The average Bonchev–Trinajstić information content (AvgIpc) is 2.58. The van der Waals surface area contributed by atoms with Gasteiger partial charge in [-0.15, -0.1) is 0 Å². The van der Waals surface area contributed by atoms with Crippen LogP contribution in [0.4, 0.5) is 0 Å². The number of rotatable bonds is 8. The van der Waals surface area contributed by atoms with Crippen LogP contribution in [-0.2, 0) is 14.8 Å². The first-order valence-corrected chi connectivity index (χ1v) is 10.3. The van der Waals surface area contributed by atoms with Crippen LogP contribution in [0.25, 0.3) is 11.1 Å². The molecule has 134 valence electrons. The molecule has 0 aromatic heterocycles. The van der Waals surface area contributed by atoms with Crippen molar-refractivity contribution in [1.29, 1.82) is 0 Å². The van der Waals surface area contributed by atoms with Gasteiger partial charge in [-0.25, -0.2) is 13.1 Å². The highest BCUT2D eigenvalue weighted by atomic mass is 79.9. The fraction of sp³-hybridized carbons (Fsp3) is 0.278. The number of hydrogen-bond donors (Lipinski definition) is 2. The van der Waals surface area contributed by atoms with E-state index in [1.165, 1.54) is 6.92 Å². The number of carbonyl (C=O) groups excluding carboxylic acids is 1. The van der Waals surface area contributed by atoms with Gasteiger partial charge < -0.3 is 5.32 Å². The van der Waals surface area contributed by atoms with Gasteiger partial charge in [0.1, 0.15) is 0 Å². The summed E-state index contributed by atoms with van der Waals surface area (Å²) in [5.41, 5.74) is 1.99. The molecule has 0 aliphatic carbocycles. The van der Waals surface area contributed by atoms with Crippen LogP contribution in [0.1, 0.15) is 19.8 Å². The van der Waals surface area contributed by atoms with Crippen LogP contribution in [0.15, 0.2) is 57.9 Å². The van der Waals surface area contributed by atoms with Crippen molar-refractivity contribution in [2.75, 3.05) is 13.1 Å². The smallest absolute Gasteiger partial charge is 0.240 e. The number of unbranched alkanes of at least 4 members (excludes halogenated alkanes) is 1. The van der Waals surface area contributed by atoms with Crippen molar-refractivity contribution in [2.24, 2.45) is 0 Å². The third kappa shape index (κ3) is 6.26. The summed E-state index contributed by atoms with van der Waals surface area (Å²) in [6.45, 7) is 2.36. The second kappa shape index (κ2) is 9.12. The number of carbonyl (C=O) groups is 1. The highest BCUT2D eigenvalue weighted by Gasteiger charge is 2.13. The van der Waals surface area contributed by atoms with Gasteiger partial charge >= 0.3 is 0 Å². The summed E-state index contributed by atoms with van der Waals surface area (Å²) in [4.78, 5) is 11.0. The molecule has 0 bridgehead atoms. The Labute approximate surface area is 157 Å². The lowest BCUT2D eigenvalue weighted by Crippen LogP contribution is -2.26. The predicted octanol–water partition coefficient (Wildman–Crippen LogP) is 3.31.